The molecule has 0 atom stereocenters. The van der Waals surface area contributed by atoms with E-state index in [9.17, 15) is 4.79 Å². The van der Waals surface area contributed by atoms with Gasteiger partial charge in [0.1, 0.15) is 17.8 Å². The van der Waals surface area contributed by atoms with Gasteiger partial charge in [0.2, 0.25) is 5.91 Å². The molecule has 1 saturated heterocycles. The molecule has 2 aromatic heterocycles. The van der Waals surface area contributed by atoms with Crippen LogP contribution in [-0.4, -0.2) is 40.0 Å². The van der Waals surface area contributed by atoms with E-state index in [-0.39, 0.29) is 11.9 Å². The quantitative estimate of drug-likeness (QED) is 0.767. The molecular weight excluding hydrogens is 314 g/mol. The van der Waals surface area contributed by atoms with E-state index in [1.165, 1.54) is 0 Å². The summed E-state index contributed by atoms with van der Waals surface area (Å²) < 4.78 is 0. The number of nitrogens with zero attached hydrogens (tertiary/aromatic N) is 3. The topological polar surface area (TPSA) is 73.9 Å². The highest BCUT2D eigenvalue weighted by molar-refractivity contribution is 5.87. The van der Waals surface area contributed by atoms with E-state index >= 15 is 0 Å². The number of carbonyl (C=O) groups is 1. The zero-order valence-corrected chi connectivity index (χ0v) is 14.0. The number of rotatable bonds is 4. The van der Waals surface area contributed by atoms with E-state index < -0.39 is 0 Å². The number of amides is 1. The summed E-state index contributed by atoms with van der Waals surface area (Å²) in [7, 11) is 0. The first kappa shape index (κ1) is 15.6. The molecule has 128 valence electrons. The molecule has 0 bridgehead atoms. The van der Waals surface area contributed by atoms with E-state index in [1.807, 2.05) is 42.6 Å². The van der Waals surface area contributed by atoms with Crippen LogP contribution >= 0.6 is 0 Å². The van der Waals surface area contributed by atoms with E-state index in [0.717, 1.165) is 48.3 Å². The van der Waals surface area contributed by atoms with Crippen LogP contribution in [0.15, 0.2) is 48.9 Å². The lowest BCUT2D eigenvalue weighted by Crippen LogP contribution is -2.45. The van der Waals surface area contributed by atoms with Crippen LogP contribution in [0.25, 0.3) is 11.0 Å². The van der Waals surface area contributed by atoms with Gasteiger partial charge in [0.25, 0.3) is 0 Å². The standard InChI is InChI=1S/C19H21N5O/c25-17(12-14-4-2-1-3-5-14)23-15-7-10-24(11-8-15)19-16-6-9-20-18(16)21-13-22-19/h1-6,9,13,15H,7-8,10-12H2,(H,23,25)(H,20,21,22). The summed E-state index contributed by atoms with van der Waals surface area (Å²) in [6.07, 6.45) is 5.78. The maximum atomic E-state index is 12.2. The van der Waals surface area contributed by atoms with E-state index in [0.29, 0.717) is 6.42 Å². The molecule has 6 nitrogen and oxygen atoms in total. The summed E-state index contributed by atoms with van der Waals surface area (Å²) in [4.78, 5) is 26.3. The zero-order valence-electron chi connectivity index (χ0n) is 14.0. The summed E-state index contributed by atoms with van der Waals surface area (Å²) in [5.41, 5.74) is 1.91. The molecule has 1 amide bonds. The van der Waals surface area contributed by atoms with Gasteiger partial charge in [0.15, 0.2) is 0 Å². The summed E-state index contributed by atoms with van der Waals surface area (Å²) in [6.45, 7) is 1.77. The maximum absolute atomic E-state index is 12.2. The first-order valence-electron chi connectivity index (χ1n) is 8.66. The third-order valence-electron chi connectivity index (χ3n) is 4.70. The van der Waals surface area contributed by atoms with Gasteiger partial charge in [-0.05, 0) is 24.5 Å². The largest absolute Gasteiger partial charge is 0.356 e. The Bertz CT molecular complexity index is 852. The molecule has 0 saturated carbocycles. The molecule has 6 heteroatoms. The molecule has 1 fully saturated rings. The van der Waals surface area contributed by atoms with Gasteiger partial charge in [0, 0.05) is 25.3 Å². The molecule has 0 radical (unpaired) electrons. The highest BCUT2D eigenvalue weighted by Crippen LogP contribution is 2.25. The number of nitrogens with one attached hydrogen (secondary N) is 2. The number of H-pyrrole nitrogens is 1. The number of fused-ring (bicyclic) bond motifs is 1. The Kier molecular flexibility index (Phi) is 4.33. The highest BCUT2D eigenvalue weighted by atomic mass is 16.1. The van der Waals surface area contributed by atoms with E-state index in [2.05, 4.69) is 25.2 Å². The van der Waals surface area contributed by atoms with Crippen molar-refractivity contribution in [3.8, 4) is 0 Å². The number of aromatic amines is 1. The summed E-state index contributed by atoms with van der Waals surface area (Å²) in [5.74, 6) is 1.07. The first-order chi connectivity index (χ1) is 12.3. The minimum Gasteiger partial charge on any atom is -0.356 e. The van der Waals surface area contributed by atoms with Crippen molar-refractivity contribution >= 4 is 22.8 Å². The Hall–Kier alpha value is -2.89. The van der Waals surface area contributed by atoms with Crippen LogP contribution in [0.5, 0.6) is 0 Å². The van der Waals surface area contributed by atoms with Crippen LogP contribution in [0.3, 0.4) is 0 Å². The molecule has 1 aliphatic heterocycles. The normalized spacial score (nSPS) is 15.4. The third-order valence-corrected chi connectivity index (χ3v) is 4.70. The van der Waals surface area contributed by atoms with Crippen molar-refractivity contribution in [3.05, 3.63) is 54.5 Å². The first-order valence-corrected chi connectivity index (χ1v) is 8.66. The van der Waals surface area contributed by atoms with E-state index in [4.69, 9.17) is 0 Å². The number of piperidine rings is 1. The molecular formula is C19H21N5O. The third kappa shape index (κ3) is 3.47. The minimum atomic E-state index is 0.0970. The van der Waals surface area contributed by atoms with Gasteiger partial charge in [-0.1, -0.05) is 30.3 Å². The second-order valence-electron chi connectivity index (χ2n) is 6.43. The van der Waals surface area contributed by atoms with Gasteiger partial charge >= 0.3 is 0 Å². The molecule has 1 aliphatic rings. The monoisotopic (exact) mass is 335 g/mol. The average molecular weight is 335 g/mol. The number of aromatic nitrogens is 3. The number of benzene rings is 1. The van der Waals surface area contributed by atoms with Crippen molar-refractivity contribution in [3.63, 3.8) is 0 Å². The summed E-state index contributed by atoms with van der Waals surface area (Å²) in [6, 6.07) is 12.1. The Labute approximate surface area is 146 Å². The average Bonchev–Trinajstić information content (AvgIpc) is 3.12. The Morgan fingerprint density at radius 1 is 1.16 bits per heavy atom. The second kappa shape index (κ2) is 6.93. The fraction of sp³-hybridized carbons (Fsp3) is 0.316. The van der Waals surface area contributed by atoms with Gasteiger partial charge in [-0.15, -0.1) is 0 Å². The van der Waals surface area contributed by atoms with Crippen LogP contribution in [0.1, 0.15) is 18.4 Å². The SMILES string of the molecule is O=C(Cc1ccccc1)NC1CCN(c2ncnc3[nH]ccc23)CC1. The smallest absolute Gasteiger partial charge is 0.224 e. The van der Waals surface area contributed by atoms with Crippen LogP contribution in [0.4, 0.5) is 5.82 Å². The molecule has 0 aliphatic carbocycles. The Morgan fingerprint density at radius 3 is 2.76 bits per heavy atom. The van der Waals surface area contributed by atoms with Crippen molar-refractivity contribution in [2.75, 3.05) is 18.0 Å². The minimum absolute atomic E-state index is 0.0970. The van der Waals surface area contributed by atoms with Gasteiger partial charge in [-0.25, -0.2) is 9.97 Å². The van der Waals surface area contributed by atoms with Crippen molar-refractivity contribution in [2.24, 2.45) is 0 Å². The van der Waals surface area contributed by atoms with Crippen LogP contribution in [0.2, 0.25) is 0 Å². The van der Waals surface area contributed by atoms with Crippen LogP contribution in [-0.2, 0) is 11.2 Å². The van der Waals surface area contributed by atoms with Crippen molar-refractivity contribution in [1.29, 1.82) is 0 Å². The van der Waals surface area contributed by atoms with Crippen LogP contribution < -0.4 is 10.2 Å². The Morgan fingerprint density at radius 2 is 1.96 bits per heavy atom. The second-order valence-corrected chi connectivity index (χ2v) is 6.43. The maximum Gasteiger partial charge on any atom is 0.224 e. The van der Waals surface area contributed by atoms with Crippen molar-refractivity contribution < 1.29 is 4.79 Å². The number of hydrogen-bond donors (Lipinski definition) is 2. The fourth-order valence-electron chi connectivity index (χ4n) is 3.41. The lowest BCUT2D eigenvalue weighted by molar-refractivity contribution is -0.121. The lowest BCUT2D eigenvalue weighted by Gasteiger charge is -2.33. The van der Waals surface area contributed by atoms with Gasteiger partial charge in [-0.2, -0.15) is 0 Å². The molecule has 25 heavy (non-hydrogen) atoms. The predicted molar refractivity (Wildman–Crippen MR) is 97.4 cm³/mol. The van der Waals surface area contributed by atoms with Crippen molar-refractivity contribution in [1.82, 2.24) is 20.3 Å². The van der Waals surface area contributed by atoms with Crippen molar-refractivity contribution in [2.45, 2.75) is 25.3 Å². The number of hydrogen-bond acceptors (Lipinski definition) is 4. The molecule has 2 N–H and O–H groups in total. The Balaban J connectivity index is 1.34. The highest BCUT2D eigenvalue weighted by Gasteiger charge is 2.23. The molecule has 0 spiro atoms. The fourth-order valence-corrected chi connectivity index (χ4v) is 3.41. The van der Waals surface area contributed by atoms with Gasteiger partial charge < -0.3 is 15.2 Å². The zero-order chi connectivity index (χ0) is 17.1. The summed E-state index contributed by atoms with van der Waals surface area (Å²) in [5, 5.41) is 4.22. The van der Waals surface area contributed by atoms with Gasteiger partial charge in [-0.3, -0.25) is 4.79 Å². The predicted octanol–water partition coefficient (Wildman–Crippen LogP) is 2.29. The molecule has 0 unspecified atom stereocenters. The molecule has 3 heterocycles. The molecule has 1 aromatic carbocycles. The number of anilines is 1. The summed E-state index contributed by atoms with van der Waals surface area (Å²) >= 11 is 0. The molecule has 3 aromatic rings. The van der Waals surface area contributed by atoms with Crippen LogP contribution in [0, 0.1) is 0 Å². The lowest BCUT2D eigenvalue weighted by atomic mass is 10.0. The van der Waals surface area contributed by atoms with E-state index in [1.54, 1.807) is 6.33 Å². The van der Waals surface area contributed by atoms with Gasteiger partial charge in [0.05, 0.1) is 11.8 Å². The number of carbonyl (C=O) groups excluding carboxylic acids is 1. The molecule has 4 rings (SSSR count).